The minimum Gasteiger partial charge on any atom is -0.478 e. The van der Waals surface area contributed by atoms with Crippen LogP contribution >= 0.6 is 23.1 Å². The van der Waals surface area contributed by atoms with Crippen LogP contribution in [0.2, 0.25) is 0 Å². The van der Waals surface area contributed by atoms with Gasteiger partial charge in [-0.15, -0.1) is 11.8 Å². The first-order valence-electron chi connectivity index (χ1n) is 13.7. The zero-order chi connectivity index (χ0) is 31.6. The van der Waals surface area contributed by atoms with E-state index < -0.39 is 23.0 Å². The van der Waals surface area contributed by atoms with Crippen LogP contribution in [0, 0.1) is 0 Å². The van der Waals surface area contributed by atoms with Gasteiger partial charge in [0.1, 0.15) is 10.9 Å². The fourth-order valence-electron chi connectivity index (χ4n) is 4.29. The van der Waals surface area contributed by atoms with Crippen LogP contribution in [-0.4, -0.2) is 28.8 Å². The van der Waals surface area contributed by atoms with Gasteiger partial charge < -0.3 is 21.1 Å². The predicted molar refractivity (Wildman–Crippen MR) is 178 cm³/mol. The maximum absolute atomic E-state index is 13.5. The van der Waals surface area contributed by atoms with Crippen LogP contribution in [0.3, 0.4) is 0 Å². The molecule has 0 bridgehead atoms. The van der Waals surface area contributed by atoms with Gasteiger partial charge in [-0.2, -0.15) is 11.3 Å². The van der Waals surface area contributed by atoms with Gasteiger partial charge in [0.25, 0.3) is 11.8 Å². The number of anilines is 2. The zero-order valence-corrected chi connectivity index (χ0v) is 25.3. The molecule has 0 fully saturated rings. The molecule has 4 N–H and O–H groups in total. The fraction of sp³-hybridized carbons (Fsp3) is 0.0286. The summed E-state index contributed by atoms with van der Waals surface area (Å²) in [7, 11) is 0. The minimum atomic E-state index is -1.09. The molecule has 5 rings (SSSR count). The number of hydrogen-bond acceptors (Lipinski definition) is 6. The molecule has 1 unspecified atom stereocenters. The molecule has 0 aliphatic carbocycles. The van der Waals surface area contributed by atoms with Crippen LogP contribution in [0.1, 0.15) is 37.1 Å². The number of carboxylic acids is 1. The summed E-state index contributed by atoms with van der Waals surface area (Å²) in [6.45, 7) is 0. The Morgan fingerprint density at radius 3 is 2.09 bits per heavy atom. The van der Waals surface area contributed by atoms with Crippen LogP contribution in [0.15, 0.2) is 137 Å². The number of carbonyl (C=O) groups is 4. The van der Waals surface area contributed by atoms with Crippen LogP contribution in [0.5, 0.6) is 0 Å². The number of benzene rings is 4. The molecule has 0 radical (unpaired) electrons. The number of hydrogen-bond donors (Lipinski definition) is 4. The molecular formula is C35H27N3O5S2. The summed E-state index contributed by atoms with van der Waals surface area (Å²) < 4.78 is 0. The molecule has 0 spiro atoms. The highest BCUT2D eigenvalue weighted by Crippen LogP contribution is 2.37. The number of rotatable bonds is 11. The molecule has 0 saturated heterocycles. The number of thiophene rings is 1. The maximum atomic E-state index is 13.5. The zero-order valence-electron chi connectivity index (χ0n) is 23.7. The maximum Gasteiger partial charge on any atom is 0.335 e. The standard InChI is InChI=1S/C35H27N3O5S2/c39-32(25-11-5-2-6-12-25)38-30(19-23-17-18-44-22-23)33(40)36-28-15-8-16-29(21-28)45-31(24-9-3-1-4-10-24)34(41)37-27-14-7-13-26(20-27)35(42)43/h1-22,31H,(H,36,40)(H,37,41)(H,38,39)(H,42,43)/b30-19-. The second-order valence-corrected chi connectivity index (χ2v) is 11.7. The molecule has 5 aromatic rings. The van der Waals surface area contributed by atoms with Crippen molar-refractivity contribution in [2.75, 3.05) is 10.6 Å². The Morgan fingerprint density at radius 2 is 1.40 bits per heavy atom. The number of nitrogens with one attached hydrogen (secondary N) is 3. The lowest BCUT2D eigenvalue weighted by Gasteiger charge is -2.18. The predicted octanol–water partition coefficient (Wildman–Crippen LogP) is 7.33. The average Bonchev–Trinajstić information content (AvgIpc) is 3.57. The monoisotopic (exact) mass is 633 g/mol. The van der Waals surface area contributed by atoms with Crippen LogP contribution in [0.25, 0.3) is 6.08 Å². The van der Waals surface area contributed by atoms with Gasteiger partial charge in [0.05, 0.1) is 5.56 Å². The molecule has 1 aromatic heterocycles. The van der Waals surface area contributed by atoms with Crippen molar-refractivity contribution in [3.63, 3.8) is 0 Å². The van der Waals surface area contributed by atoms with Crippen molar-refractivity contribution in [2.24, 2.45) is 0 Å². The van der Waals surface area contributed by atoms with Crippen molar-refractivity contribution in [1.29, 1.82) is 0 Å². The Hall–Kier alpha value is -5.45. The van der Waals surface area contributed by atoms with Crippen LogP contribution in [-0.2, 0) is 9.59 Å². The molecule has 0 aliphatic rings. The second-order valence-electron chi connectivity index (χ2n) is 9.70. The summed E-state index contributed by atoms with van der Waals surface area (Å²) in [6, 6.07) is 32.8. The van der Waals surface area contributed by atoms with Crippen LogP contribution in [0.4, 0.5) is 11.4 Å². The Kier molecular flexibility index (Phi) is 10.2. The third-order valence-electron chi connectivity index (χ3n) is 6.45. The van der Waals surface area contributed by atoms with Crippen LogP contribution < -0.4 is 16.0 Å². The summed E-state index contributed by atoms with van der Waals surface area (Å²) in [5.41, 5.74) is 2.90. The van der Waals surface area contributed by atoms with Gasteiger partial charge >= 0.3 is 5.97 Å². The van der Waals surface area contributed by atoms with Crippen molar-refractivity contribution in [2.45, 2.75) is 10.1 Å². The summed E-state index contributed by atoms with van der Waals surface area (Å²) in [5, 5.41) is 20.8. The van der Waals surface area contributed by atoms with E-state index in [4.69, 9.17) is 0 Å². The summed E-state index contributed by atoms with van der Waals surface area (Å²) in [6.07, 6.45) is 1.61. The van der Waals surface area contributed by atoms with E-state index in [0.717, 1.165) is 11.1 Å². The first kappa shape index (κ1) is 31.0. The second kappa shape index (κ2) is 14.8. The van der Waals surface area contributed by atoms with E-state index in [9.17, 15) is 24.3 Å². The highest BCUT2D eigenvalue weighted by molar-refractivity contribution is 8.00. The quantitative estimate of drug-likeness (QED) is 0.0892. The molecular weight excluding hydrogens is 607 g/mol. The van der Waals surface area contributed by atoms with Gasteiger partial charge in [0.15, 0.2) is 0 Å². The summed E-state index contributed by atoms with van der Waals surface area (Å²) in [5.74, 6) is -2.36. The van der Waals surface area contributed by atoms with E-state index in [2.05, 4.69) is 16.0 Å². The van der Waals surface area contributed by atoms with E-state index in [0.29, 0.717) is 21.8 Å². The lowest BCUT2D eigenvalue weighted by molar-refractivity contribution is -0.116. The van der Waals surface area contributed by atoms with E-state index in [1.807, 2.05) is 53.2 Å². The lowest BCUT2D eigenvalue weighted by atomic mass is 10.1. The molecule has 10 heteroatoms. The molecule has 8 nitrogen and oxygen atoms in total. The van der Waals surface area contributed by atoms with Crippen molar-refractivity contribution >= 4 is 64.2 Å². The Morgan fingerprint density at radius 1 is 0.733 bits per heavy atom. The van der Waals surface area contributed by atoms with Gasteiger partial charge in [-0.05, 0) is 82.6 Å². The number of carboxylic acid groups (broad SMARTS) is 1. The summed E-state index contributed by atoms with van der Waals surface area (Å²) >= 11 is 2.75. The normalized spacial score (nSPS) is 11.7. The molecule has 4 aromatic carbocycles. The molecule has 1 heterocycles. The largest absolute Gasteiger partial charge is 0.478 e. The number of thioether (sulfide) groups is 1. The topological polar surface area (TPSA) is 125 Å². The lowest BCUT2D eigenvalue weighted by Crippen LogP contribution is -2.30. The van der Waals surface area contributed by atoms with Crippen molar-refractivity contribution in [3.8, 4) is 0 Å². The van der Waals surface area contributed by atoms with Crippen molar-refractivity contribution in [1.82, 2.24) is 5.32 Å². The number of carbonyl (C=O) groups excluding carboxylic acids is 3. The third kappa shape index (κ3) is 8.56. The SMILES string of the molecule is O=C(Nc1cccc(SC(C(=O)Nc2cccc(C(=O)O)c2)c2ccccc2)c1)/C(=C/c1ccsc1)NC(=O)c1ccccc1. The first-order valence-corrected chi connectivity index (χ1v) is 15.6. The van der Waals surface area contributed by atoms with Gasteiger partial charge in [0, 0.05) is 21.8 Å². The Labute approximate surface area is 267 Å². The smallest absolute Gasteiger partial charge is 0.335 e. The highest BCUT2D eigenvalue weighted by atomic mass is 32.2. The molecule has 0 aliphatic heterocycles. The van der Waals surface area contributed by atoms with Gasteiger partial charge in [-0.3, -0.25) is 14.4 Å². The van der Waals surface area contributed by atoms with E-state index in [1.165, 1.54) is 35.2 Å². The highest BCUT2D eigenvalue weighted by Gasteiger charge is 2.23. The average molecular weight is 634 g/mol. The van der Waals surface area contributed by atoms with E-state index >= 15 is 0 Å². The third-order valence-corrected chi connectivity index (χ3v) is 8.40. The van der Waals surface area contributed by atoms with E-state index in [-0.39, 0.29) is 17.2 Å². The molecule has 45 heavy (non-hydrogen) atoms. The van der Waals surface area contributed by atoms with Gasteiger partial charge in [0.2, 0.25) is 5.91 Å². The number of amides is 3. The minimum absolute atomic E-state index is 0.0625. The summed E-state index contributed by atoms with van der Waals surface area (Å²) in [4.78, 5) is 52.0. The molecule has 0 saturated carbocycles. The van der Waals surface area contributed by atoms with Crippen molar-refractivity contribution < 1.29 is 24.3 Å². The number of aromatic carboxylic acids is 1. The van der Waals surface area contributed by atoms with E-state index in [1.54, 1.807) is 66.7 Å². The fourth-order valence-corrected chi connectivity index (χ4v) is 5.99. The first-order chi connectivity index (χ1) is 21.9. The van der Waals surface area contributed by atoms with Gasteiger partial charge in [-0.1, -0.05) is 60.7 Å². The Bertz CT molecular complexity index is 1840. The molecule has 3 amide bonds. The van der Waals surface area contributed by atoms with Crippen molar-refractivity contribution in [3.05, 3.63) is 154 Å². The van der Waals surface area contributed by atoms with Gasteiger partial charge in [-0.25, -0.2) is 4.79 Å². The molecule has 1 atom stereocenters. The molecule has 224 valence electrons. The Balaban J connectivity index is 1.35.